The van der Waals surface area contributed by atoms with Crippen molar-refractivity contribution in [3.63, 3.8) is 0 Å². The van der Waals surface area contributed by atoms with Gasteiger partial charge in [-0.05, 0) is 29.8 Å². The molecule has 3 nitrogen and oxygen atoms in total. The molecule has 22 heavy (non-hydrogen) atoms. The van der Waals surface area contributed by atoms with Crippen molar-refractivity contribution >= 4 is 22.6 Å². The van der Waals surface area contributed by atoms with Gasteiger partial charge in [-0.15, -0.1) is 0 Å². The van der Waals surface area contributed by atoms with Gasteiger partial charge in [-0.25, -0.2) is 0 Å². The van der Waals surface area contributed by atoms with E-state index in [1.165, 1.54) is 0 Å². The Morgan fingerprint density at radius 2 is 1.82 bits per heavy atom. The topological polar surface area (TPSA) is 31.0 Å². The first-order valence-electron chi connectivity index (χ1n) is 7.05. The molecule has 0 spiro atoms. The van der Waals surface area contributed by atoms with E-state index in [0.717, 1.165) is 33.0 Å². The zero-order valence-electron chi connectivity index (χ0n) is 11.7. The van der Waals surface area contributed by atoms with Crippen LogP contribution in [0.3, 0.4) is 0 Å². The first-order chi connectivity index (χ1) is 10.8. The normalized spacial score (nSPS) is 11.1. The van der Waals surface area contributed by atoms with Crippen molar-refractivity contribution in [1.82, 2.24) is 9.78 Å². The summed E-state index contributed by atoms with van der Waals surface area (Å²) in [6, 6.07) is 19.7. The lowest BCUT2D eigenvalue weighted by molar-refractivity contribution is 0.621. The van der Waals surface area contributed by atoms with Crippen LogP contribution in [-0.4, -0.2) is 9.78 Å². The minimum absolute atomic E-state index is 0.639. The molecule has 4 heteroatoms. The van der Waals surface area contributed by atoms with Gasteiger partial charge >= 0.3 is 0 Å². The van der Waals surface area contributed by atoms with Crippen LogP contribution in [0.5, 0.6) is 0 Å². The summed E-state index contributed by atoms with van der Waals surface area (Å²) in [7, 11) is 0. The van der Waals surface area contributed by atoms with Gasteiger partial charge in [0.2, 0.25) is 0 Å². The number of fused-ring (bicyclic) bond motifs is 1. The van der Waals surface area contributed by atoms with E-state index in [1.807, 2.05) is 71.5 Å². The monoisotopic (exact) mass is 308 g/mol. The minimum atomic E-state index is 0.639. The zero-order chi connectivity index (χ0) is 14.9. The Morgan fingerprint density at radius 3 is 2.68 bits per heavy atom. The smallest absolute Gasteiger partial charge is 0.155 e. The number of halogens is 1. The predicted octanol–water partition coefficient (Wildman–Crippen LogP) is 5.00. The maximum atomic E-state index is 6.19. The van der Waals surface area contributed by atoms with E-state index in [0.29, 0.717) is 6.54 Å². The summed E-state index contributed by atoms with van der Waals surface area (Å²) in [5, 5.41) is 6.41. The number of nitrogens with zero attached hydrogens (tertiary/aromatic N) is 2. The second-order valence-electron chi connectivity index (χ2n) is 5.14. The maximum absolute atomic E-state index is 6.19. The molecule has 0 aliphatic heterocycles. The number of hydrogen-bond acceptors (Lipinski definition) is 2. The first-order valence-corrected chi connectivity index (χ1v) is 7.43. The average Bonchev–Trinajstić information content (AvgIpc) is 3.15. The minimum Gasteiger partial charge on any atom is -0.454 e. The molecule has 0 fully saturated rings. The van der Waals surface area contributed by atoms with Crippen molar-refractivity contribution in [3.8, 4) is 11.5 Å². The van der Waals surface area contributed by atoms with Crippen LogP contribution < -0.4 is 0 Å². The van der Waals surface area contributed by atoms with Crippen molar-refractivity contribution in [2.75, 3.05) is 0 Å². The van der Waals surface area contributed by atoms with Crippen LogP contribution in [0.4, 0.5) is 0 Å². The number of rotatable bonds is 3. The van der Waals surface area contributed by atoms with Crippen molar-refractivity contribution in [1.29, 1.82) is 0 Å². The van der Waals surface area contributed by atoms with Gasteiger partial charge in [0.05, 0.1) is 6.54 Å². The van der Waals surface area contributed by atoms with Crippen molar-refractivity contribution in [2.24, 2.45) is 0 Å². The quantitative estimate of drug-likeness (QED) is 0.533. The Morgan fingerprint density at radius 1 is 1.00 bits per heavy atom. The molecule has 4 aromatic rings. The van der Waals surface area contributed by atoms with E-state index in [2.05, 4.69) is 5.10 Å². The number of aromatic nitrogens is 2. The van der Waals surface area contributed by atoms with Crippen LogP contribution in [0.2, 0.25) is 5.02 Å². The van der Waals surface area contributed by atoms with Gasteiger partial charge in [-0.2, -0.15) is 5.10 Å². The van der Waals surface area contributed by atoms with Crippen LogP contribution in [0.25, 0.3) is 22.4 Å². The first kappa shape index (κ1) is 13.2. The Kier molecular flexibility index (Phi) is 3.20. The molecule has 0 N–H and O–H groups in total. The van der Waals surface area contributed by atoms with Gasteiger partial charge in [0.25, 0.3) is 0 Å². The summed E-state index contributed by atoms with van der Waals surface area (Å²) in [6.07, 6.45) is 1.94. The van der Waals surface area contributed by atoms with Crippen LogP contribution in [0.15, 0.2) is 71.3 Å². The summed E-state index contributed by atoms with van der Waals surface area (Å²) < 4.78 is 7.70. The van der Waals surface area contributed by atoms with E-state index in [-0.39, 0.29) is 0 Å². The van der Waals surface area contributed by atoms with E-state index in [1.54, 1.807) is 0 Å². The number of hydrogen-bond donors (Lipinski definition) is 0. The zero-order valence-corrected chi connectivity index (χ0v) is 12.5. The second kappa shape index (κ2) is 5.35. The standard InChI is InChI=1S/C18H13ClN2O/c19-15-7-3-1-6-14(15)12-21-10-9-16(20-21)18-11-13-5-2-4-8-17(13)22-18/h1-11H,12H2. The van der Waals surface area contributed by atoms with E-state index in [9.17, 15) is 0 Å². The molecule has 108 valence electrons. The highest BCUT2D eigenvalue weighted by atomic mass is 35.5. The van der Waals surface area contributed by atoms with Gasteiger partial charge in [0.15, 0.2) is 5.76 Å². The third-order valence-electron chi connectivity index (χ3n) is 3.61. The molecule has 2 aromatic carbocycles. The molecule has 2 aromatic heterocycles. The highest BCUT2D eigenvalue weighted by molar-refractivity contribution is 6.31. The van der Waals surface area contributed by atoms with E-state index in [4.69, 9.17) is 16.0 Å². The summed E-state index contributed by atoms with van der Waals surface area (Å²) in [4.78, 5) is 0. The lowest BCUT2D eigenvalue weighted by Gasteiger charge is -2.03. The third-order valence-corrected chi connectivity index (χ3v) is 3.98. The summed E-state index contributed by atoms with van der Waals surface area (Å²) in [5.41, 5.74) is 2.74. The maximum Gasteiger partial charge on any atom is 0.155 e. The fourth-order valence-electron chi connectivity index (χ4n) is 2.49. The molecule has 0 saturated carbocycles. The molecule has 2 heterocycles. The Balaban J connectivity index is 1.65. The van der Waals surface area contributed by atoms with Gasteiger partial charge < -0.3 is 4.42 Å². The molecule has 0 aliphatic rings. The largest absolute Gasteiger partial charge is 0.454 e. The molecular weight excluding hydrogens is 296 g/mol. The molecule has 4 rings (SSSR count). The van der Waals surface area contributed by atoms with Crippen LogP contribution >= 0.6 is 11.6 Å². The predicted molar refractivity (Wildman–Crippen MR) is 88.0 cm³/mol. The fraction of sp³-hybridized carbons (Fsp3) is 0.0556. The van der Waals surface area contributed by atoms with Gasteiger partial charge in [-0.3, -0.25) is 4.68 Å². The van der Waals surface area contributed by atoms with Crippen molar-refractivity contribution in [3.05, 3.63) is 77.4 Å². The highest BCUT2D eigenvalue weighted by Crippen LogP contribution is 2.26. The summed E-state index contributed by atoms with van der Waals surface area (Å²) in [6.45, 7) is 0.639. The van der Waals surface area contributed by atoms with Crippen LogP contribution in [0, 0.1) is 0 Å². The number of para-hydroxylation sites is 1. The molecule has 0 unspecified atom stereocenters. The van der Waals surface area contributed by atoms with Gasteiger partial charge in [-0.1, -0.05) is 48.0 Å². The number of benzene rings is 2. The van der Waals surface area contributed by atoms with Gasteiger partial charge in [0.1, 0.15) is 11.3 Å². The third kappa shape index (κ3) is 2.40. The second-order valence-corrected chi connectivity index (χ2v) is 5.55. The molecule has 0 amide bonds. The SMILES string of the molecule is Clc1ccccc1Cn1ccc(-c2cc3ccccc3o2)n1. The van der Waals surface area contributed by atoms with Gasteiger partial charge in [0, 0.05) is 16.6 Å². The molecular formula is C18H13ClN2O. The Labute approximate surface area is 132 Å². The highest BCUT2D eigenvalue weighted by Gasteiger charge is 2.09. The molecule has 0 bridgehead atoms. The Bertz CT molecular complexity index is 906. The average molecular weight is 309 g/mol. The van der Waals surface area contributed by atoms with E-state index < -0.39 is 0 Å². The summed E-state index contributed by atoms with van der Waals surface area (Å²) >= 11 is 6.19. The lowest BCUT2D eigenvalue weighted by atomic mass is 10.2. The summed E-state index contributed by atoms with van der Waals surface area (Å²) in [5.74, 6) is 0.777. The number of furan rings is 1. The molecule has 0 aliphatic carbocycles. The molecule has 0 saturated heterocycles. The Hall–Kier alpha value is -2.52. The molecule has 0 atom stereocenters. The van der Waals surface area contributed by atoms with E-state index >= 15 is 0 Å². The van der Waals surface area contributed by atoms with Crippen LogP contribution in [0.1, 0.15) is 5.56 Å². The van der Waals surface area contributed by atoms with Crippen molar-refractivity contribution < 1.29 is 4.42 Å². The molecule has 0 radical (unpaired) electrons. The van der Waals surface area contributed by atoms with Crippen molar-refractivity contribution in [2.45, 2.75) is 6.54 Å². The lowest BCUT2D eigenvalue weighted by Crippen LogP contribution is -2.00. The fourth-order valence-corrected chi connectivity index (χ4v) is 2.69. The van der Waals surface area contributed by atoms with Crippen LogP contribution in [-0.2, 0) is 6.54 Å².